The molecular weight excluding hydrogens is 330 g/mol. The number of halogens is 1. The third kappa shape index (κ3) is 3.39. The topological polar surface area (TPSA) is 119 Å². The minimum Gasteiger partial charge on any atom is -0.425 e. The van der Waals surface area contributed by atoms with Gasteiger partial charge in [-0.2, -0.15) is 0 Å². The van der Waals surface area contributed by atoms with Gasteiger partial charge in [-0.25, -0.2) is 9.59 Å². The molecule has 1 aliphatic rings. The number of amides is 3. The largest absolute Gasteiger partial charge is 0.425 e. The molecule has 0 aliphatic carbocycles. The van der Waals surface area contributed by atoms with Gasteiger partial charge in [0.05, 0.1) is 4.92 Å². The van der Waals surface area contributed by atoms with Gasteiger partial charge in [0.2, 0.25) is 0 Å². The summed E-state index contributed by atoms with van der Waals surface area (Å²) in [5.74, 6) is -1.46. The van der Waals surface area contributed by atoms with Crippen LogP contribution < -0.4 is 10.1 Å². The van der Waals surface area contributed by atoms with Crippen LogP contribution in [0.5, 0.6) is 5.75 Å². The zero-order valence-electron chi connectivity index (χ0n) is 12.2. The molecule has 10 heteroatoms. The predicted octanol–water partition coefficient (Wildman–Crippen LogP) is 1.48. The average molecular weight is 342 g/mol. The molecule has 1 aromatic carbocycles. The van der Waals surface area contributed by atoms with Crippen LogP contribution >= 0.6 is 11.6 Å². The zero-order valence-corrected chi connectivity index (χ0v) is 12.9. The van der Waals surface area contributed by atoms with Gasteiger partial charge in [-0.15, -0.1) is 0 Å². The van der Waals surface area contributed by atoms with E-state index in [-0.39, 0.29) is 16.5 Å². The van der Waals surface area contributed by atoms with Crippen LogP contribution in [0.4, 0.5) is 10.5 Å². The Hall–Kier alpha value is -2.68. The summed E-state index contributed by atoms with van der Waals surface area (Å²) in [6.45, 7) is 2.44. The first-order chi connectivity index (χ1) is 10.6. The first-order valence-corrected chi connectivity index (χ1v) is 6.78. The quantitative estimate of drug-likeness (QED) is 0.291. The SMILES string of the molecule is CC1(C)NC(=O)N(CC(=O)Oc2ccc([N+](=O)[O-])c(Cl)c2)C1=O. The summed E-state index contributed by atoms with van der Waals surface area (Å²) in [6.07, 6.45) is 0. The summed E-state index contributed by atoms with van der Waals surface area (Å²) in [4.78, 5) is 46.1. The van der Waals surface area contributed by atoms with Crippen LogP contribution in [0.3, 0.4) is 0 Å². The summed E-state index contributed by atoms with van der Waals surface area (Å²) in [5, 5.41) is 12.9. The monoisotopic (exact) mass is 341 g/mol. The van der Waals surface area contributed by atoms with Crippen molar-refractivity contribution < 1.29 is 24.0 Å². The van der Waals surface area contributed by atoms with Crippen LogP contribution in [0.2, 0.25) is 5.02 Å². The molecule has 1 aliphatic heterocycles. The van der Waals surface area contributed by atoms with Gasteiger partial charge in [-0.05, 0) is 19.9 Å². The Balaban J connectivity index is 2.06. The normalized spacial score (nSPS) is 16.2. The fraction of sp³-hybridized carbons (Fsp3) is 0.308. The molecule has 0 unspecified atom stereocenters. The predicted molar refractivity (Wildman–Crippen MR) is 78.1 cm³/mol. The van der Waals surface area contributed by atoms with Crippen LogP contribution in [0.25, 0.3) is 0 Å². The Bertz CT molecular complexity index is 718. The molecule has 0 radical (unpaired) electrons. The van der Waals surface area contributed by atoms with E-state index in [2.05, 4.69) is 5.32 Å². The molecule has 9 nitrogen and oxygen atoms in total. The second-order valence-electron chi connectivity index (χ2n) is 5.29. The Kier molecular flexibility index (Phi) is 4.24. The molecule has 1 N–H and O–H groups in total. The maximum absolute atomic E-state index is 11.9. The van der Waals surface area contributed by atoms with Crippen molar-refractivity contribution in [2.75, 3.05) is 6.54 Å². The average Bonchev–Trinajstić information content (AvgIpc) is 2.60. The number of benzene rings is 1. The number of ether oxygens (including phenoxy) is 1. The van der Waals surface area contributed by atoms with E-state index in [0.29, 0.717) is 0 Å². The van der Waals surface area contributed by atoms with E-state index in [1.165, 1.54) is 19.9 Å². The summed E-state index contributed by atoms with van der Waals surface area (Å²) in [6, 6.07) is 2.69. The van der Waals surface area contributed by atoms with E-state index in [1.807, 2.05) is 0 Å². The van der Waals surface area contributed by atoms with Gasteiger partial charge < -0.3 is 10.1 Å². The second kappa shape index (κ2) is 5.84. The lowest BCUT2D eigenvalue weighted by atomic mass is 10.1. The first kappa shape index (κ1) is 16.7. The van der Waals surface area contributed by atoms with E-state index in [4.69, 9.17) is 16.3 Å². The van der Waals surface area contributed by atoms with Crippen molar-refractivity contribution in [1.29, 1.82) is 0 Å². The Morgan fingerprint density at radius 3 is 2.57 bits per heavy atom. The summed E-state index contributed by atoms with van der Waals surface area (Å²) < 4.78 is 4.94. The highest BCUT2D eigenvalue weighted by molar-refractivity contribution is 6.32. The number of hydrogen-bond acceptors (Lipinski definition) is 6. The molecule has 0 saturated carbocycles. The van der Waals surface area contributed by atoms with Crippen molar-refractivity contribution in [2.24, 2.45) is 0 Å². The number of esters is 1. The van der Waals surface area contributed by atoms with Crippen molar-refractivity contribution in [3.63, 3.8) is 0 Å². The minimum atomic E-state index is -1.09. The minimum absolute atomic E-state index is 0.0306. The maximum atomic E-state index is 11.9. The fourth-order valence-corrected chi connectivity index (χ4v) is 2.19. The van der Waals surface area contributed by atoms with E-state index < -0.39 is 34.9 Å². The third-order valence-electron chi connectivity index (χ3n) is 3.08. The highest BCUT2D eigenvalue weighted by Gasteiger charge is 2.45. The molecule has 1 saturated heterocycles. The number of nitrogens with zero attached hydrogens (tertiary/aromatic N) is 2. The van der Waals surface area contributed by atoms with Crippen molar-refractivity contribution in [3.8, 4) is 5.75 Å². The zero-order chi connectivity index (χ0) is 17.4. The summed E-state index contributed by atoms with van der Waals surface area (Å²) in [5.41, 5.74) is -1.42. The fourth-order valence-electron chi connectivity index (χ4n) is 1.95. The number of hydrogen-bond donors (Lipinski definition) is 1. The Labute approximate surface area is 135 Å². The Morgan fingerprint density at radius 1 is 1.43 bits per heavy atom. The molecular formula is C13H12ClN3O6. The van der Waals surface area contributed by atoms with Crippen LogP contribution in [-0.4, -0.2) is 39.8 Å². The molecule has 1 aromatic rings. The lowest BCUT2D eigenvalue weighted by Gasteiger charge is -2.15. The molecule has 3 amide bonds. The van der Waals surface area contributed by atoms with Crippen LogP contribution in [-0.2, 0) is 9.59 Å². The number of rotatable bonds is 4. The number of nitrogens with one attached hydrogen (secondary N) is 1. The van der Waals surface area contributed by atoms with Crippen molar-refractivity contribution >= 4 is 35.2 Å². The Morgan fingerprint density at radius 2 is 2.09 bits per heavy atom. The van der Waals surface area contributed by atoms with Crippen LogP contribution in [0, 0.1) is 10.1 Å². The molecule has 23 heavy (non-hydrogen) atoms. The third-order valence-corrected chi connectivity index (χ3v) is 3.38. The van der Waals surface area contributed by atoms with Gasteiger partial charge in [0.15, 0.2) is 0 Å². The number of imide groups is 1. The van der Waals surface area contributed by atoms with Gasteiger partial charge >= 0.3 is 12.0 Å². The maximum Gasteiger partial charge on any atom is 0.331 e. The van der Waals surface area contributed by atoms with Crippen LogP contribution in [0.1, 0.15) is 13.8 Å². The van der Waals surface area contributed by atoms with Gasteiger partial charge in [-0.3, -0.25) is 19.8 Å². The summed E-state index contributed by atoms with van der Waals surface area (Å²) in [7, 11) is 0. The van der Waals surface area contributed by atoms with Crippen molar-refractivity contribution in [2.45, 2.75) is 19.4 Å². The molecule has 0 aromatic heterocycles. The van der Waals surface area contributed by atoms with E-state index in [1.54, 1.807) is 0 Å². The van der Waals surface area contributed by atoms with E-state index in [9.17, 15) is 24.5 Å². The number of carbonyl (C=O) groups excluding carboxylic acids is 3. The molecule has 122 valence electrons. The van der Waals surface area contributed by atoms with E-state index >= 15 is 0 Å². The van der Waals surface area contributed by atoms with E-state index in [0.717, 1.165) is 17.0 Å². The molecule has 0 spiro atoms. The van der Waals surface area contributed by atoms with Gasteiger partial charge in [-0.1, -0.05) is 11.6 Å². The molecule has 2 rings (SSSR count). The molecule has 1 heterocycles. The number of carbonyl (C=O) groups is 3. The van der Waals surface area contributed by atoms with Crippen LogP contribution in [0.15, 0.2) is 18.2 Å². The van der Waals surface area contributed by atoms with Gasteiger partial charge in [0.1, 0.15) is 22.9 Å². The number of nitro groups is 1. The second-order valence-corrected chi connectivity index (χ2v) is 5.70. The lowest BCUT2D eigenvalue weighted by Crippen LogP contribution is -2.41. The first-order valence-electron chi connectivity index (χ1n) is 6.40. The van der Waals surface area contributed by atoms with Gasteiger partial charge in [0.25, 0.3) is 11.6 Å². The number of urea groups is 1. The van der Waals surface area contributed by atoms with Crippen molar-refractivity contribution in [1.82, 2.24) is 10.2 Å². The molecule has 1 fully saturated rings. The molecule has 0 atom stereocenters. The highest BCUT2D eigenvalue weighted by Crippen LogP contribution is 2.28. The number of nitro benzene ring substituents is 1. The standard InChI is InChI=1S/C13H12ClN3O6/c1-13(2)11(19)16(12(20)15-13)6-10(18)23-7-3-4-9(17(21)22)8(14)5-7/h3-5H,6H2,1-2H3,(H,15,20). The lowest BCUT2D eigenvalue weighted by molar-refractivity contribution is -0.384. The molecule has 0 bridgehead atoms. The van der Waals surface area contributed by atoms with Gasteiger partial charge in [0, 0.05) is 12.1 Å². The van der Waals surface area contributed by atoms with Crippen molar-refractivity contribution in [3.05, 3.63) is 33.3 Å². The summed E-state index contributed by atoms with van der Waals surface area (Å²) >= 11 is 5.70. The highest BCUT2D eigenvalue weighted by atomic mass is 35.5. The smallest absolute Gasteiger partial charge is 0.331 e.